The molecule has 0 aliphatic carbocycles. The fourth-order valence-electron chi connectivity index (χ4n) is 3.41. The van der Waals surface area contributed by atoms with Gasteiger partial charge in [-0.2, -0.15) is 5.26 Å². The van der Waals surface area contributed by atoms with Crippen LogP contribution in [-0.2, 0) is 0 Å². The molecule has 3 aromatic carbocycles. The van der Waals surface area contributed by atoms with Gasteiger partial charge in [0.1, 0.15) is 28.1 Å². The number of hydrogen-bond acceptors (Lipinski definition) is 6. The van der Waals surface area contributed by atoms with Gasteiger partial charge in [0.25, 0.3) is 0 Å². The minimum absolute atomic E-state index is 0.293. The zero-order valence-electron chi connectivity index (χ0n) is 16.5. The lowest BCUT2D eigenvalue weighted by atomic mass is 10.0. The van der Waals surface area contributed by atoms with Crippen LogP contribution in [0.5, 0.6) is 0 Å². The van der Waals surface area contributed by atoms with Crippen molar-refractivity contribution in [2.45, 2.75) is 0 Å². The summed E-state index contributed by atoms with van der Waals surface area (Å²) in [6, 6.07) is 21.2. The first-order valence-corrected chi connectivity index (χ1v) is 10.5. The highest BCUT2D eigenvalue weighted by atomic mass is 32.1. The van der Waals surface area contributed by atoms with Crippen LogP contribution in [0.1, 0.15) is 5.01 Å². The molecule has 2 aromatic heterocycles. The summed E-state index contributed by atoms with van der Waals surface area (Å²) in [5, 5.41) is 17.5. The molecular formula is C25H14FN3O2S. The van der Waals surface area contributed by atoms with E-state index >= 15 is 0 Å². The second kappa shape index (κ2) is 8.10. The first kappa shape index (κ1) is 19.7. The summed E-state index contributed by atoms with van der Waals surface area (Å²) in [5.41, 5.74) is 1.72. The molecule has 5 aromatic rings. The zero-order chi connectivity index (χ0) is 22.1. The summed E-state index contributed by atoms with van der Waals surface area (Å²) in [4.78, 5) is 17.1. The molecule has 154 valence electrons. The number of nitrogens with zero attached hydrogens (tertiary/aromatic N) is 2. The Balaban J connectivity index is 1.53. The summed E-state index contributed by atoms with van der Waals surface area (Å²) in [5.74, 6) is -0.341. The number of thiazole rings is 1. The SMILES string of the molecule is N#C/C(=C/Nc1ccc(F)cc1)c1nc(-c2cc3c(ccc4ccccc43)oc2=O)cs1. The number of hydrogen-bond donors (Lipinski definition) is 1. The van der Waals surface area contributed by atoms with Crippen molar-refractivity contribution in [3.63, 3.8) is 0 Å². The van der Waals surface area contributed by atoms with Crippen molar-refractivity contribution in [2.24, 2.45) is 0 Å². The molecule has 2 heterocycles. The van der Waals surface area contributed by atoms with Gasteiger partial charge in [-0.05, 0) is 47.2 Å². The predicted octanol–water partition coefficient (Wildman–Crippen LogP) is 6.19. The molecule has 0 aliphatic rings. The maximum absolute atomic E-state index is 13.1. The maximum Gasteiger partial charge on any atom is 0.345 e. The van der Waals surface area contributed by atoms with Gasteiger partial charge >= 0.3 is 5.63 Å². The lowest BCUT2D eigenvalue weighted by Gasteiger charge is -2.04. The molecule has 5 rings (SSSR count). The molecule has 1 N–H and O–H groups in total. The number of allylic oxidation sites excluding steroid dienone is 1. The van der Waals surface area contributed by atoms with E-state index in [2.05, 4.69) is 16.4 Å². The normalized spacial score (nSPS) is 11.6. The standard InChI is InChI=1S/C25H14FN3O2S/c26-17-6-8-18(9-7-17)28-13-16(12-27)24-29-22(14-32-24)21-11-20-19-4-2-1-3-15(19)5-10-23(20)31-25(21)30/h1-11,13-14,28H/b16-13-. The molecule has 0 atom stereocenters. The second-order valence-electron chi connectivity index (χ2n) is 7.00. The van der Waals surface area contributed by atoms with Crippen molar-refractivity contribution < 1.29 is 8.81 Å². The van der Waals surface area contributed by atoms with Gasteiger partial charge in [0.2, 0.25) is 0 Å². The Kier molecular flexibility index (Phi) is 4.98. The largest absolute Gasteiger partial charge is 0.422 e. The van der Waals surface area contributed by atoms with Crippen LogP contribution in [0.15, 0.2) is 87.5 Å². The van der Waals surface area contributed by atoms with Crippen molar-refractivity contribution in [1.29, 1.82) is 5.26 Å². The lowest BCUT2D eigenvalue weighted by Crippen LogP contribution is -2.03. The van der Waals surface area contributed by atoms with E-state index < -0.39 is 5.63 Å². The molecule has 0 bridgehead atoms. The highest BCUT2D eigenvalue weighted by molar-refractivity contribution is 7.11. The molecule has 0 fully saturated rings. The van der Waals surface area contributed by atoms with E-state index in [9.17, 15) is 14.4 Å². The lowest BCUT2D eigenvalue weighted by molar-refractivity contribution is 0.563. The van der Waals surface area contributed by atoms with Gasteiger partial charge in [0.05, 0.1) is 11.3 Å². The molecule has 0 spiro atoms. The average Bonchev–Trinajstić information content (AvgIpc) is 3.30. The van der Waals surface area contributed by atoms with E-state index in [1.165, 1.54) is 29.7 Å². The first-order chi connectivity index (χ1) is 15.6. The Morgan fingerprint density at radius 3 is 2.72 bits per heavy atom. The predicted molar refractivity (Wildman–Crippen MR) is 125 cm³/mol. The van der Waals surface area contributed by atoms with Crippen LogP contribution >= 0.6 is 11.3 Å². The van der Waals surface area contributed by atoms with Crippen LogP contribution in [-0.4, -0.2) is 4.98 Å². The van der Waals surface area contributed by atoms with Gasteiger partial charge in [-0.1, -0.05) is 30.3 Å². The van der Waals surface area contributed by atoms with Gasteiger partial charge in [-0.25, -0.2) is 14.2 Å². The van der Waals surface area contributed by atoms with Gasteiger partial charge in [0.15, 0.2) is 0 Å². The van der Waals surface area contributed by atoms with E-state index in [1.807, 2.05) is 30.3 Å². The van der Waals surface area contributed by atoms with Crippen LogP contribution < -0.4 is 10.9 Å². The molecule has 5 nitrogen and oxygen atoms in total. The van der Waals surface area contributed by atoms with Gasteiger partial charge in [-0.3, -0.25) is 0 Å². The van der Waals surface area contributed by atoms with Crippen LogP contribution in [0, 0.1) is 17.1 Å². The summed E-state index contributed by atoms with van der Waals surface area (Å²) in [6.07, 6.45) is 1.51. The Bertz CT molecular complexity index is 1590. The Labute approximate surface area is 185 Å². The highest BCUT2D eigenvalue weighted by Crippen LogP contribution is 2.29. The number of anilines is 1. The van der Waals surface area contributed by atoms with Crippen molar-refractivity contribution >= 4 is 44.3 Å². The van der Waals surface area contributed by atoms with Gasteiger partial charge < -0.3 is 9.73 Å². The third-order valence-electron chi connectivity index (χ3n) is 5.00. The molecule has 0 saturated carbocycles. The van der Waals surface area contributed by atoms with Crippen LogP contribution in [0.4, 0.5) is 10.1 Å². The molecule has 32 heavy (non-hydrogen) atoms. The zero-order valence-corrected chi connectivity index (χ0v) is 17.3. The number of aromatic nitrogens is 1. The maximum atomic E-state index is 13.1. The van der Waals surface area contributed by atoms with Crippen LogP contribution in [0.3, 0.4) is 0 Å². The van der Waals surface area contributed by atoms with E-state index in [-0.39, 0.29) is 5.82 Å². The minimum atomic E-state index is -0.489. The van der Waals surface area contributed by atoms with E-state index in [1.54, 1.807) is 29.6 Å². The molecule has 0 unspecified atom stereocenters. The number of benzene rings is 3. The Hall–Kier alpha value is -4.28. The van der Waals surface area contributed by atoms with Gasteiger partial charge in [0, 0.05) is 22.7 Å². The molecule has 0 radical (unpaired) electrons. The highest BCUT2D eigenvalue weighted by Gasteiger charge is 2.15. The third kappa shape index (κ3) is 3.64. The fourth-order valence-corrected chi connectivity index (χ4v) is 4.20. The Morgan fingerprint density at radius 2 is 1.91 bits per heavy atom. The topological polar surface area (TPSA) is 78.9 Å². The third-order valence-corrected chi connectivity index (χ3v) is 5.88. The Morgan fingerprint density at radius 1 is 1.09 bits per heavy atom. The first-order valence-electron chi connectivity index (χ1n) is 9.66. The summed E-state index contributed by atoms with van der Waals surface area (Å²) < 4.78 is 18.6. The number of rotatable bonds is 4. The molecule has 0 amide bonds. The molecule has 0 saturated heterocycles. The van der Waals surface area contributed by atoms with Crippen molar-refractivity contribution in [2.75, 3.05) is 5.32 Å². The number of halogens is 1. The van der Waals surface area contributed by atoms with Gasteiger partial charge in [-0.15, -0.1) is 11.3 Å². The van der Waals surface area contributed by atoms with Crippen molar-refractivity contribution in [1.82, 2.24) is 4.98 Å². The van der Waals surface area contributed by atoms with Crippen molar-refractivity contribution in [3.8, 4) is 17.3 Å². The monoisotopic (exact) mass is 439 g/mol. The van der Waals surface area contributed by atoms with E-state index in [4.69, 9.17) is 4.42 Å². The quantitative estimate of drug-likeness (QED) is 0.205. The number of nitrogens with one attached hydrogen (secondary N) is 1. The average molecular weight is 439 g/mol. The van der Waals surface area contributed by atoms with E-state index in [0.29, 0.717) is 33.1 Å². The summed E-state index contributed by atoms with van der Waals surface area (Å²) in [7, 11) is 0. The second-order valence-corrected chi connectivity index (χ2v) is 7.86. The number of nitriles is 1. The summed E-state index contributed by atoms with van der Waals surface area (Å²) >= 11 is 1.25. The fraction of sp³-hybridized carbons (Fsp3) is 0. The number of fused-ring (bicyclic) bond motifs is 3. The van der Waals surface area contributed by atoms with E-state index in [0.717, 1.165) is 16.2 Å². The molecule has 7 heteroatoms. The molecular weight excluding hydrogens is 425 g/mol. The summed E-state index contributed by atoms with van der Waals surface area (Å²) in [6.45, 7) is 0. The van der Waals surface area contributed by atoms with Crippen LogP contribution in [0.2, 0.25) is 0 Å². The van der Waals surface area contributed by atoms with Crippen LogP contribution in [0.25, 0.3) is 38.6 Å². The van der Waals surface area contributed by atoms with Crippen molar-refractivity contribution in [3.05, 3.63) is 99.6 Å². The molecule has 0 aliphatic heterocycles. The smallest absolute Gasteiger partial charge is 0.345 e. The minimum Gasteiger partial charge on any atom is -0.422 e.